The molecule has 0 bridgehead atoms. The summed E-state index contributed by atoms with van der Waals surface area (Å²) in [6.07, 6.45) is 12.7. The third-order valence-electron chi connectivity index (χ3n) is 5.48. The molecule has 2 aliphatic rings. The molecule has 0 radical (unpaired) electrons. The van der Waals surface area contributed by atoms with E-state index >= 15 is 0 Å². The van der Waals surface area contributed by atoms with Crippen LogP contribution in [0.15, 0.2) is 0 Å². The first-order valence-corrected chi connectivity index (χ1v) is 9.08. The molecule has 0 aromatic rings. The third-order valence-corrected chi connectivity index (χ3v) is 5.48. The van der Waals surface area contributed by atoms with E-state index in [9.17, 15) is 5.11 Å². The molecular weight excluding hydrogens is 260 g/mol. The van der Waals surface area contributed by atoms with Crippen LogP contribution >= 0.6 is 0 Å². The van der Waals surface area contributed by atoms with Gasteiger partial charge in [0.15, 0.2) is 0 Å². The quantitative estimate of drug-likeness (QED) is 0.791. The fourth-order valence-corrected chi connectivity index (χ4v) is 4.63. The van der Waals surface area contributed by atoms with Gasteiger partial charge in [-0.05, 0) is 45.7 Å². The molecule has 0 aliphatic heterocycles. The minimum absolute atomic E-state index is 0.627. The van der Waals surface area contributed by atoms with Crippen molar-refractivity contribution in [2.75, 3.05) is 27.2 Å². The molecule has 3 nitrogen and oxygen atoms in total. The van der Waals surface area contributed by atoms with Crippen molar-refractivity contribution < 1.29 is 5.11 Å². The van der Waals surface area contributed by atoms with Crippen molar-refractivity contribution in [3.63, 3.8) is 0 Å². The van der Waals surface area contributed by atoms with Crippen LogP contribution in [0.1, 0.15) is 64.7 Å². The van der Waals surface area contributed by atoms with Gasteiger partial charge in [-0.1, -0.05) is 44.9 Å². The lowest BCUT2D eigenvalue weighted by Gasteiger charge is -2.41. The molecule has 3 atom stereocenters. The van der Waals surface area contributed by atoms with E-state index < -0.39 is 5.60 Å². The Hall–Kier alpha value is -0.120. The highest BCUT2D eigenvalue weighted by Crippen LogP contribution is 2.38. The molecule has 3 unspecified atom stereocenters. The zero-order valence-corrected chi connectivity index (χ0v) is 14.4. The minimum Gasteiger partial charge on any atom is -0.388 e. The van der Waals surface area contributed by atoms with Crippen molar-refractivity contribution in [3.05, 3.63) is 0 Å². The summed E-state index contributed by atoms with van der Waals surface area (Å²) in [5.41, 5.74) is -0.627. The summed E-state index contributed by atoms with van der Waals surface area (Å²) in [4.78, 5) is 2.07. The Balaban J connectivity index is 1.86. The molecule has 0 spiro atoms. The van der Waals surface area contributed by atoms with Gasteiger partial charge in [0.1, 0.15) is 0 Å². The maximum Gasteiger partial charge on any atom is 0.0869 e. The van der Waals surface area contributed by atoms with E-state index in [-0.39, 0.29) is 0 Å². The topological polar surface area (TPSA) is 35.5 Å². The Morgan fingerprint density at radius 2 is 1.62 bits per heavy atom. The molecule has 124 valence electrons. The number of likely N-dealkylation sites (N-methyl/N-ethyl adjacent to an activating group) is 1. The second-order valence-electron chi connectivity index (χ2n) is 8.07. The molecule has 0 amide bonds. The van der Waals surface area contributed by atoms with Gasteiger partial charge in [-0.15, -0.1) is 0 Å². The van der Waals surface area contributed by atoms with Crippen LogP contribution in [-0.2, 0) is 0 Å². The van der Waals surface area contributed by atoms with Gasteiger partial charge in [-0.25, -0.2) is 0 Å². The Labute approximate surface area is 131 Å². The molecule has 2 saturated carbocycles. The first-order valence-electron chi connectivity index (χ1n) is 9.08. The van der Waals surface area contributed by atoms with Crippen LogP contribution < -0.4 is 5.32 Å². The van der Waals surface area contributed by atoms with E-state index in [1.165, 1.54) is 57.8 Å². The van der Waals surface area contributed by atoms with Crippen molar-refractivity contribution in [1.29, 1.82) is 0 Å². The lowest BCUT2D eigenvalue weighted by Crippen LogP contribution is -2.51. The number of aliphatic hydroxyl groups is 1. The molecule has 2 aliphatic carbocycles. The van der Waals surface area contributed by atoms with Crippen molar-refractivity contribution in [2.45, 2.75) is 76.4 Å². The molecule has 21 heavy (non-hydrogen) atoms. The van der Waals surface area contributed by atoms with E-state index in [4.69, 9.17) is 0 Å². The van der Waals surface area contributed by atoms with Crippen LogP contribution in [0.2, 0.25) is 0 Å². The standard InChI is InChI=1S/C18H36N2O/c1-18(21,14-20(2)3)13-19-17-12-8-7-11-16(17)15-9-5-4-6-10-15/h15-17,19,21H,4-14H2,1-3H3. The fourth-order valence-electron chi connectivity index (χ4n) is 4.63. The molecule has 0 aromatic carbocycles. The normalized spacial score (nSPS) is 31.3. The van der Waals surface area contributed by atoms with Gasteiger partial charge in [0.2, 0.25) is 0 Å². The highest BCUT2D eigenvalue weighted by atomic mass is 16.3. The minimum atomic E-state index is -0.627. The van der Waals surface area contributed by atoms with Gasteiger partial charge in [-0.3, -0.25) is 0 Å². The van der Waals surface area contributed by atoms with Gasteiger partial charge in [0.25, 0.3) is 0 Å². The fraction of sp³-hybridized carbons (Fsp3) is 1.00. The monoisotopic (exact) mass is 296 g/mol. The van der Waals surface area contributed by atoms with Crippen LogP contribution in [0.25, 0.3) is 0 Å². The predicted octanol–water partition coefficient (Wildman–Crippen LogP) is 3.03. The lowest BCUT2D eigenvalue weighted by molar-refractivity contribution is 0.0244. The summed E-state index contributed by atoms with van der Waals surface area (Å²) in [6.45, 7) is 3.40. The van der Waals surface area contributed by atoms with Gasteiger partial charge in [-0.2, -0.15) is 0 Å². The number of rotatable bonds is 6. The van der Waals surface area contributed by atoms with E-state index in [0.717, 1.165) is 24.9 Å². The van der Waals surface area contributed by atoms with Crippen molar-refractivity contribution in [3.8, 4) is 0 Å². The maximum atomic E-state index is 10.5. The summed E-state index contributed by atoms with van der Waals surface area (Å²) in [5, 5.41) is 14.2. The number of hydrogen-bond donors (Lipinski definition) is 2. The van der Waals surface area contributed by atoms with Gasteiger partial charge < -0.3 is 15.3 Å². The molecule has 0 heterocycles. The van der Waals surface area contributed by atoms with Gasteiger partial charge in [0.05, 0.1) is 5.60 Å². The highest BCUT2D eigenvalue weighted by Gasteiger charge is 2.33. The highest BCUT2D eigenvalue weighted by molar-refractivity contribution is 4.89. The van der Waals surface area contributed by atoms with Crippen LogP contribution in [0, 0.1) is 11.8 Å². The Kier molecular flexibility index (Phi) is 6.51. The van der Waals surface area contributed by atoms with Crippen LogP contribution in [0.5, 0.6) is 0 Å². The van der Waals surface area contributed by atoms with Gasteiger partial charge in [0, 0.05) is 19.1 Å². The first kappa shape index (κ1) is 17.2. The smallest absolute Gasteiger partial charge is 0.0869 e. The average molecular weight is 296 g/mol. The Morgan fingerprint density at radius 3 is 2.29 bits per heavy atom. The molecule has 2 rings (SSSR count). The summed E-state index contributed by atoms with van der Waals surface area (Å²) >= 11 is 0. The van der Waals surface area contributed by atoms with Gasteiger partial charge >= 0.3 is 0 Å². The molecule has 0 saturated heterocycles. The number of nitrogens with one attached hydrogen (secondary N) is 1. The van der Waals surface area contributed by atoms with Crippen molar-refractivity contribution in [1.82, 2.24) is 10.2 Å². The van der Waals surface area contributed by atoms with E-state index in [2.05, 4.69) is 10.2 Å². The summed E-state index contributed by atoms with van der Waals surface area (Å²) in [6, 6.07) is 0.635. The van der Waals surface area contributed by atoms with E-state index in [1.54, 1.807) is 0 Å². The molecule has 2 fully saturated rings. The van der Waals surface area contributed by atoms with E-state index in [1.807, 2.05) is 21.0 Å². The largest absolute Gasteiger partial charge is 0.388 e. The second kappa shape index (κ2) is 7.94. The summed E-state index contributed by atoms with van der Waals surface area (Å²) < 4.78 is 0. The lowest BCUT2D eigenvalue weighted by atomic mass is 9.71. The molecule has 2 N–H and O–H groups in total. The van der Waals surface area contributed by atoms with Crippen molar-refractivity contribution >= 4 is 0 Å². The summed E-state index contributed by atoms with van der Waals surface area (Å²) in [7, 11) is 4.06. The third kappa shape index (κ3) is 5.54. The second-order valence-corrected chi connectivity index (χ2v) is 8.07. The Bertz CT molecular complexity index is 298. The molecule has 0 aromatic heterocycles. The maximum absolute atomic E-state index is 10.5. The van der Waals surface area contributed by atoms with Crippen molar-refractivity contribution in [2.24, 2.45) is 11.8 Å². The van der Waals surface area contributed by atoms with Crippen LogP contribution in [-0.4, -0.2) is 48.8 Å². The SMILES string of the molecule is CN(C)CC(C)(O)CNC1CCCCC1C1CCCCC1. The number of hydrogen-bond acceptors (Lipinski definition) is 3. The molecular formula is C18H36N2O. The van der Waals surface area contributed by atoms with Crippen LogP contribution in [0.4, 0.5) is 0 Å². The summed E-state index contributed by atoms with van der Waals surface area (Å²) in [5.74, 6) is 1.80. The average Bonchev–Trinajstić information content (AvgIpc) is 2.45. The van der Waals surface area contributed by atoms with E-state index in [0.29, 0.717) is 6.04 Å². The van der Waals surface area contributed by atoms with Crippen LogP contribution in [0.3, 0.4) is 0 Å². The molecule has 3 heteroatoms. The number of nitrogens with zero attached hydrogens (tertiary/aromatic N) is 1. The Morgan fingerprint density at radius 1 is 1.00 bits per heavy atom. The first-order chi connectivity index (χ1) is 9.98. The zero-order valence-electron chi connectivity index (χ0n) is 14.4. The predicted molar refractivity (Wildman–Crippen MR) is 89.5 cm³/mol. The zero-order chi connectivity index (χ0) is 15.3.